The van der Waals surface area contributed by atoms with Gasteiger partial charge in [0.15, 0.2) is 0 Å². The Morgan fingerprint density at radius 2 is 1.89 bits per heavy atom. The van der Waals surface area contributed by atoms with E-state index in [-0.39, 0.29) is 0 Å². The van der Waals surface area contributed by atoms with Gasteiger partial charge in [0, 0.05) is 25.8 Å². The summed E-state index contributed by atoms with van der Waals surface area (Å²) in [5, 5.41) is 3.46. The predicted molar refractivity (Wildman–Crippen MR) is 81.5 cm³/mol. The second kappa shape index (κ2) is 7.49. The summed E-state index contributed by atoms with van der Waals surface area (Å²) in [4.78, 5) is 7.06. The van der Waals surface area contributed by atoms with Gasteiger partial charge in [-0.1, -0.05) is 32.8 Å². The molecule has 1 saturated heterocycles. The highest BCUT2D eigenvalue weighted by molar-refractivity contribution is 5.39. The number of pyridine rings is 1. The van der Waals surface area contributed by atoms with Crippen molar-refractivity contribution in [3.8, 4) is 0 Å². The summed E-state index contributed by atoms with van der Waals surface area (Å²) in [6.45, 7) is 8.77. The van der Waals surface area contributed by atoms with Gasteiger partial charge in [-0.2, -0.15) is 0 Å². The van der Waals surface area contributed by atoms with E-state index in [0.717, 1.165) is 32.0 Å². The lowest BCUT2D eigenvalue weighted by Gasteiger charge is -2.21. The molecule has 0 unspecified atom stereocenters. The first-order chi connectivity index (χ1) is 9.25. The second-order valence-electron chi connectivity index (χ2n) is 5.95. The van der Waals surface area contributed by atoms with Gasteiger partial charge in [-0.3, -0.25) is 0 Å². The molecule has 1 fully saturated rings. The summed E-state index contributed by atoms with van der Waals surface area (Å²) in [5.41, 5.74) is 1.28. The van der Waals surface area contributed by atoms with Crippen molar-refractivity contribution in [3.05, 3.63) is 23.9 Å². The van der Waals surface area contributed by atoms with Crippen LogP contribution in [0.2, 0.25) is 0 Å². The highest BCUT2D eigenvalue weighted by Crippen LogP contribution is 2.17. The van der Waals surface area contributed by atoms with Gasteiger partial charge in [0.25, 0.3) is 0 Å². The average Bonchev–Trinajstić information content (AvgIpc) is 2.68. The van der Waals surface area contributed by atoms with Gasteiger partial charge in [-0.05, 0) is 36.9 Å². The second-order valence-corrected chi connectivity index (χ2v) is 5.95. The molecule has 1 aromatic heterocycles. The monoisotopic (exact) mass is 261 g/mol. The first kappa shape index (κ1) is 14.3. The first-order valence-corrected chi connectivity index (χ1v) is 7.66. The zero-order chi connectivity index (χ0) is 13.5. The van der Waals surface area contributed by atoms with Crippen molar-refractivity contribution < 1.29 is 0 Å². The normalized spacial score (nSPS) is 16.7. The van der Waals surface area contributed by atoms with Gasteiger partial charge in [-0.25, -0.2) is 4.98 Å². The van der Waals surface area contributed by atoms with E-state index in [1.54, 1.807) is 0 Å². The maximum absolute atomic E-state index is 4.63. The number of nitrogens with one attached hydrogen (secondary N) is 1. The fourth-order valence-corrected chi connectivity index (χ4v) is 2.51. The Morgan fingerprint density at radius 3 is 2.47 bits per heavy atom. The maximum Gasteiger partial charge on any atom is 0.128 e. The van der Waals surface area contributed by atoms with E-state index in [4.69, 9.17) is 0 Å². The third-order valence-electron chi connectivity index (χ3n) is 3.62. The Bertz CT molecular complexity index is 351. The SMILES string of the molecule is CC(C)CNCc1ccc(N2CCCCCC2)nc1. The molecule has 0 bridgehead atoms. The minimum absolute atomic E-state index is 0.698. The van der Waals surface area contributed by atoms with E-state index in [9.17, 15) is 0 Å². The van der Waals surface area contributed by atoms with Crippen molar-refractivity contribution in [2.24, 2.45) is 5.92 Å². The molecule has 1 aromatic rings. The van der Waals surface area contributed by atoms with E-state index in [2.05, 4.69) is 41.2 Å². The van der Waals surface area contributed by atoms with Crippen LogP contribution in [0.3, 0.4) is 0 Å². The lowest BCUT2D eigenvalue weighted by Crippen LogP contribution is -2.25. The minimum atomic E-state index is 0.698. The fraction of sp³-hybridized carbons (Fsp3) is 0.688. The van der Waals surface area contributed by atoms with Gasteiger partial charge in [0.05, 0.1) is 0 Å². The Balaban J connectivity index is 1.86. The Morgan fingerprint density at radius 1 is 1.16 bits per heavy atom. The summed E-state index contributed by atoms with van der Waals surface area (Å²) < 4.78 is 0. The molecule has 0 radical (unpaired) electrons. The molecule has 0 saturated carbocycles. The number of aromatic nitrogens is 1. The van der Waals surface area contributed by atoms with Crippen LogP contribution >= 0.6 is 0 Å². The van der Waals surface area contributed by atoms with Crippen molar-refractivity contribution in [1.82, 2.24) is 10.3 Å². The summed E-state index contributed by atoms with van der Waals surface area (Å²) in [6, 6.07) is 4.39. The number of hydrogen-bond donors (Lipinski definition) is 1. The molecule has 0 aromatic carbocycles. The van der Waals surface area contributed by atoms with E-state index < -0.39 is 0 Å². The molecule has 1 N–H and O–H groups in total. The van der Waals surface area contributed by atoms with Crippen LogP contribution in [0.25, 0.3) is 0 Å². The molecule has 2 heterocycles. The van der Waals surface area contributed by atoms with Gasteiger partial charge >= 0.3 is 0 Å². The number of nitrogens with zero attached hydrogens (tertiary/aromatic N) is 2. The molecule has 1 aliphatic heterocycles. The molecule has 0 atom stereocenters. The highest BCUT2D eigenvalue weighted by atomic mass is 15.2. The van der Waals surface area contributed by atoms with Crippen molar-refractivity contribution in [3.63, 3.8) is 0 Å². The van der Waals surface area contributed by atoms with Crippen molar-refractivity contribution >= 4 is 5.82 Å². The van der Waals surface area contributed by atoms with E-state index in [0.29, 0.717) is 5.92 Å². The lowest BCUT2D eigenvalue weighted by molar-refractivity contribution is 0.552. The van der Waals surface area contributed by atoms with Crippen LogP contribution in [0.5, 0.6) is 0 Å². The molecule has 19 heavy (non-hydrogen) atoms. The van der Waals surface area contributed by atoms with E-state index in [1.165, 1.54) is 31.2 Å². The smallest absolute Gasteiger partial charge is 0.128 e. The van der Waals surface area contributed by atoms with Crippen LogP contribution in [0.15, 0.2) is 18.3 Å². The third kappa shape index (κ3) is 4.83. The molecule has 0 spiro atoms. The number of anilines is 1. The molecule has 1 aliphatic rings. The summed E-state index contributed by atoms with van der Waals surface area (Å²) in [6.07, 6.45) is 7.37. The molecule has 3 nitrogen and oxygen atoms in total. The van der Waals surface area contributed by atoms with Crippen molar-refractivity contribution in [2.45, 2.75) is 46.1 Å². The average molecular weight is 261 g/mol. The largest absolute Gasteiger partial charge is 0.357 e. The Kier molecular flexibility index (Phi) is 5.64. The minimum Gasteiger partial charge on any atom is -0.357 e. The zero-order valence-electron chi connectivity index (χ0n) is 12.4. The van der Waals surface area contributed by atoms with Crippen LogP contribution in [0.4, 0.5) is 5.82 Å². The molecular weight excluding hydrogens is 234 g/mol. The van der Waals surface area contributed by atoms with Crippen LogP contribution in [0.1, 0.15) is 45.1 Å². The Labute approximate surface area is 117 Å². The molecule has 3 heteroatoms. The van der Waals surface area contributed by atoms with Crippen LogP contribution in [0, 0.1) is 5.92 Å². The van der Waals surface area contributed by atoms with Gasteiger partial charge in [-0.15, -0.1) is 0 Å². The topological polar surface area (TPSA) is 28.2 Å². The van der Waals surface area contributed by atoms with Gasteiger partial charge in [0.2, 0.25) is 0 Å². The van der Waals surface area contributed by atoms with Crippen LogP contribution in [-0.2, 0) is 6.54 Å². The molecule has 0 amide bonds. The lowest BCUT2D eigenvalue weighted by atomic mass is 10.2. The summed E-state index contributed by atoms with van der Waals surface area (Å²) in [7, 11) is 0. The van der Waals surface area contributed by atoms with E-state index >= 15 is 0 Å². The van der Waals surface area contributed by atoms with Crippen LogP contribution < -0.4 is 10.2 Å². The molecular formula is C16H27N3. The summed E-state index contributed by atoms with van der Waals surface area (Å²) >= 11 is 0. The standard InChI is InChI=1S/C16H27N3/c1-14(2)11-17-12-15-7-8-16(18-13-15)19-9-5-3-4-6-10-19/h7-8,13-14,17H,3-6,9-12H2,1-2H3. The van der Waals surface area contributed by atoms with Gasteiger partial charge < -0.3 is 10.2 Å². The van der Waals surface area contributed by atoms with Crippen molar-refractivity contribution in [1.29, 1.82) is 0 Å². The quantitative estimate of drug-likeness (QED) is 0.882. The third-order valence-corrected chi connectivity index (χ3v) is 3.62. The predicted octanol–water partition coefficient (Wildman–Crippen LogP) is 3.21. The molecule has 2 rings (SSSR count). The van der Waals surface area contributed by atoms with Gasteiger partial charge in [0.1, 0.15) is 5.82 Å². The van der Waals surface area contributed by atoms with E-state index in [1.807, 2.05) is 6.20 Å². The molecule has 106 valence electrons. The van der Waals surface area contributed by atoms with Crippen molar-refractivity contribution in [2.75, 3.05) is 24.5 Å². The first-order valence-electron chi connectivity index (χ1n) is 7.66. The maximum atomic E-state index is 4.63. The highest BCUT2D eigenvalue weighted by Gasteiger charge is 2.10. The molecule has 0 aliphatic carbocycles. The number of hydrogen-bond acceptors (Lipinski definition) is 3. The fourth-order valence-electron chi connectivity index (χ4n) is 2.51. The number of rotatable bonds is 5. The zero-order valence-corrected chi connectivity index (χ0v) is 12.4. The van der Waals surface area contributed by atoms with Crippen LogP contribution in [-0.4, -0.2) is 24.6 Å². The summed E-state index contributed by atoms with van der Waals surface area (Å²) in [5.74, 6) is 1.85. The Hall–Kier alpha value is -1.09.